The number of anilines is 1. The molecule has 0 saturated heterocycles. The van der Waals surface area contributed by atoms with Gasteiger partial charge < -0.3 is 5.73 Å². The van der Waals surface area contributed by atoms with Crippen LogP contribution in [0.3, 0.4) is 0 Å². The van der Waals surface area contributed by atoms with Crippen LogP contribution >= 0.6 is 23.4 Å². The quantitative estimate of drug-likeness (QED) is 0.656. The molecule has 2 N–H and O–H groups in total. The third kappa shape index (κ3) is 4.05. The lowest BCUT2D eigenvalue weighted by Gasteiger charge is -2.04. The van der Waals surface area contributed by atoms with Gasteiger partial charge in [-0.15, -0.1) is 0 Å². The van der Waals surface area contributed by atoms with Gasteiger partial charge in [-0.25, -0.2) is 0 Å². The van der Waals surface area contributed by atoms with E-state index in [1.54, 1.807) is 30.0 Å². The molecule has 1 rings (SSSR count). The second kappa shape index (κ2) is 6.40. The molecule has 84 valence electrons. The van der Waals surface area contributed by atoms with Gasteiger partial charge in [-0.2, -0.15) is 11.8 Å². The van der Waals surface area contributed by atoms with Gasteiger partial charge in [0, 0.05) is 17.2 Å². The minimum Gasteiger partial charge on any atom is -0.399 e. The first kappa shape index (κ1) is 12.9. The highest BCUT2D eigenvalue weighted by Crippen LogP contribution is 2.22. The van der Waals surface area contributed by atoms with Crippen LogP contribution in [0.4, 0.5) is 5.69 Å². The fourth-order valence-corrected chi connectivity index (χ4v) is 3.62. The van der Waals surface area contributed by atoms with E-state index in [-0.39, 0.29) is 0 Å². The van der Waals surface area contributed by atoms with Gasteiger partial charge in [0.25, 0.3) is 0 Å². The third-order valence-corrected chi connectivity index (χ3v) is 4.82. The van der Waals surface area contributed by atoms with E-state index in [0.717, 1.165) is 11.5 Å². The van der Waals surface area contributed by atoms with Crippen molar-refractivity contribution >= 4 is 39.8 Å². The molecule has 1 aromatic carbocycles. The summed E-state index contributed by atoms with van der Waals surface area (Å²) in [5.41, 5.74) is 6.16. The summed E-state index contributed by atoms with van der Waals surface area (Å²) in [4.78, 5) is 0.683. The van der Waals surface area contributed by atoms with Crippen LogP contribution in [0, 0.1) is 0 Å². The lowest BCUT2D eigenvalue weighted by molar-refractivity contribution is 0.684. The molecule has 2 nitrogen and oxygen atoms in total. The monoisotopic (exact) mass is 263 g/mol. The van der Waals surface area contributed by atoms with Gasteiger partial charge in [-0.3, -0.25) is 4.21 Å². The molecule has 5 heteroatoms. The topological polar surface area (TPSA) is 43.1 Å². The standard InChI is InChI=1S/C10H14ClNOS2/c1-2-14-5-6-15(13)10-4-3-8(12)7-9(10)11/h3-4,7H,2,5-6,12H2,1H3. The summed E-state index contributed by atoms with van der Waals surface area (Å²) >= 11 is 7.74. The smallest absolute Gasteiger partial charge is 0.0587 e. The van der Waals surface area contributed by atoms with Crippen molar-refractivity contribution in [2.24, 2.45) is 0 Å². The Morgan fingerprint density at radius 2 is 2.27 bits per heavy atom. The highest BCUT2D eigenvalue weighted by atomic mass is 35.5. The molecule has 0 radical (unpaired) electrons. The van der Waals surface area contributed by atoms with E-state index in [9.17, 15) is 4.21 Å². The van der Waals surface area contributed by atoms with E-state index >= 15 is 0 Å². The predicted octanol–water partition coefficient (Wildman–Crippen LogP) is 2.78. The molecule has 0 aliphatic carbocycles. The lowest BCUT2D eigenvalue weighted by atomic mass is 10.3. The highest BCUT2D eigenvalue weighted by molar-refractivity contribution is 8.00. The van der Waals surface area contributed by atoms with Crippen LogP contribution in [0.1, 0.15) is 6.92 Å². The Labute approximate surface area is 102 Å². The van der Waals surface area contributed by atoms with Crippen LogP contribution in [-0.2, 0) is 10.8 Å². The summed E-state index contributed by atoms with van der Waals surface area (Å²) in [6.07, 6.45) is 0. The fraction of sp³-hybridized carbons (Fsp3) is 0.400. The zero-order chi connectivity index (χ0) is 11.3. The second-order valence-electron chi connectivity index (χ2n) is 2.94. The van der Waals surface area contributed by atoms with Gasteiger partial charge in [0.2, 0.25) is 0 Å². The zero-order valence-corrected chi connectivity index (χ0v) is 10.9. The van der Waals surface area contributed by atoms with Gasteiger partial charge in [-0.05, 0) is 24.0 Å². The Morgan fingerprint density at radius 1 is 1.53 bits per heavy atom. The van der Waals surface area contributed by atoms with Gasteiger partial charge in [0.15, 0.2) is 0 Å². The first-order chi connectivity index (χ1) is 7.15. The first-order valence-electron chi connectivity index (χ1n) is 4.66. The van der Waals surface area contributed by atoms with Crippen molar-refractivity contribution in [2.45, 2.75) is 11.8 Å². The van der Waals surface area contributed by atoms with Crippen LogP contribution in [0.5, 0.6) is 0 Å². The molecule has 0 saturated carbocycles. The van der Waals surface area contributed by atoms with E-state index in [1.807, 2.05) is 0 Å². The molecule has 15 heavy (non-hydrogen) atoms. The van der Waals surface area contributed by atoms with Crippen molar-refractivity contribution in [3.8, 4) is 0 Å². The molecule has 0 aromatic heterocycles. The number of rotatable bonds is 5. The van der Waals surface area contributed by atoms with Crippen molar-refractivity contribution in [1.29, 1.82) is 0 Å². The summed E-state index contributed by atoms with van der Waals surface area (Å²) in [7, 11) is -1.01. The molecule has 0 aliphatic rings. The molecule has 0 amide bonds. The molecule has 0 bridgehead atoms. The predicted molar refractivity (Wildman–Crippen MR) is 70.1 cm³/mol. The van der Waals surface area contributed by atoms with Crippen LogP contribution in [0.25, 0.3) is 0 Å². The SMILES string of the molecule is CCSCCS(=O)c1ccc(N)cc1Cl. The number of hydrogen-bond donors (Lipinski definition) is 1. The summed E-state index contributed by atoms with van der Waals surface area (Å²) in [6.45, 7) is 2.09. The molecule has 0 fully saturated rings. The average molecular weight is 264 g/mol. The van der Waals surface area contributed by atoms with E-state index in [1.165, 1.54) is 0 Å². The molecule has 1 atom stereocenters. The molecular formula is C10H14ClNOS2. The van der Waals surface area contributed by atoms with Gasteiger partial charge in [0.05, 0.1) is 20.7 Å². The molecule has 1 aromatic rings. The van der Waals surface area contributed by atoms with Gasteiger partial charge in [0.1, 0.15) is 0 Å². The highest BCUT2D eigenvalue weighted by Gasteiger charge is 2.08. The number of thioether (sulfide) groups is 1. The number of halogens is 1. The summed E-state index contributed by atoms with van der Waals surface area (Å²) in [6, 6.07) is 5.11. The average Bonchev–Trinajstić information content (AvgIpc) is 2.17. The maximum atomic E-state index is 11.8. The van der Waals surface area contributed by atoms with Crippen LogP contribution in [-0.4, -0.2) is 21.5 Å². The summed E-state index contributed by atoms with van der Waals surface area (Å²) in [5, 5.41) is 0.495. The van der Waals surface area contributed by atoms with E-state index < -0.39 is 10.8 Å². The second-order valence-corrected chi connectivity index (χ2v) is 6.28. The first-order valence-corrected chi connectivity index (χ1v) is 7.51. The Kier molecular flexibility index (Phi) is 5.50. The molecule has 1 unspecified atom stereocenters. The minimum absolute atomic E-state index is 0.495. The summed E-state index contributed by atoms with van der Waals surface area (Å²) < 4.78 is 11.8. The van der Waals surface area contributed by atoms with Crippen LogP contribution < -0.4 is 5.73 Å². The maximum Gasteiger partial charge on any atom is 0.0587 e. The summed E-state index contributed by atoms with van der Waals surface area (Å²) in [5.74, 6) is 2.58. The van der Waals surface area contributed by atoms with Gasteiger partial charge in [-0.1, -0.05) is 18.5 Å². The van der Waals surface area contributed by atoms with Crippen LogP contribution in [0.15, 0.2) is 23.1 Å². The van der Waals surface area contributed by atoms with Crippen molar-refractivity contribution in [2.75, 3.05) is 23.0 Å². The number of nitrogen functional groups attached to an aromatic ring is 1. The molecule has 0 aliphatic heterocycles. The largest absolute Gasteiger partial charge is 0.399 e. The van der Waals surface area contributed by atoms with E-state index in [2.05, 4.69) is 6.92 Å². The normalized spacial score (nSPS) is 12.7. The Balaban J connectivity index is 2.65. The maximum absolute atomic E-state index is 11.8. The molecular weight excluding hydrogens is 250 g/mol. The van der Waals surface area contributed by atoms with Crippen LogP contribution in [0.2, 0.25) is 5.02 Å². The Morgan fingerprint density at radius 3 is 2.87 bits per heavy atom. The lowest BCUT2D eigenvalue weighted by Crippen LogP contribution is -2.02. The molecule has 0 spiro atoms. The van der Waals surface area contributed by atoms with Crippen molar-refractivity contribution in [1.82, 2.24) is 0 Å². The van der Waals surface area contributed by atoms with E-state index in [4.69, 9.17) is 17.3 Å². The number of nitrogens with two attached hydrogens (primary N) is 1. The van der Waals surface area contributed by atoms with Crippen molar-refractivity contribution in [3.63, 3.8) is 0 Å². The van der Waals surface area contributed by atoms with Crippen molar-refractivity contribution in [3.05, 3.63) is 23.2 Å². The fourth-order valence-electron chi connectivity index (χ4n) is 1.09. The third-order valence-electron chi connectivity index (χ3n) is 1.82. The van der Waals surface area contributed by atoms with Crippen molar-refractivity contribution < 1.29 is 4.21 Å². The Bertz CT molecular complexity index is 357. The number of benzene rings is 1. The molecule has 0 heterocycles. The van der Waals surface area contributed by atoms with Gasteiger partial charge >= 0.3 is 0 Å². The Hall–Kier alpha value is -0.190. The zero-order valence-electron chi connectivity index (χ0n) is 8.53. The minimum atomic E-state index is -1.01. The number of hydrogen-bond acceptors (Lipinski definition) is 3. The van der Waals surface area contributed by atoms with E-state index in [0.29, 0.717) is 21.4 Å².